The molecule has 2 aromatic heterocycles. The van der Waals surface area contributed by atoms with Gasteiger partial charge in [-0.05, 0) is 68.4 Å². The van der Waals surface area contributed by atoms with Crippen LogP contribution in [0.25, 0.3) is 21.1 Å². The lowest BCUT2D eigenvalue weighted by molar-refractivity contribution is -0.122. The molecule has 4 aromatic rings. The number of rotatable bonds is 4. The molecule has 2 amide bonds. The molecular weight excluding hydrogens is 502 g/mol. The summed E-state index contributed by atoms with van der Waals surface area (Å²) in [6.07, 6.45) is 7.92. The fraction of sp³-hybridized carbons (Fsp3) is 0.379. The van der Waals surface area contributed by atoms with Gasteiger partial charge in [-0.25, -0.2) is 4.98 Å². The molecule has 0 unspecified atom stereocenters. The lowest BCUT2D eigenvalue weighted by atomic mass is 9.81. The number of para-hydroxylation sites is 1. The van der Waals surface area contributed by atoms with Crippen molar-refractivity contribution >= 4 is 67.6 Å². The molecular formula is C29H27N3O3S2. The number of fused-ring (bicyclic) bond motifs is 5. The number of thiazole rings is 1. The van der Waals surface area contributed by atoms with E-state index in [4.69, 9.17) is 4.98 Å². The van der Waals surface area contributed by atoms with Crippen LogP contribution in [-0.4, -0.2) is 33.0 Å². The summed E-state index contributed by atoms with van der Waals surface area (Å²) in [4.78, 5) is 45.6. The minimum atomic E-state index is -0.161. The predicted octanol–water partition coefficient (Wildman–Crippen LogP) is 6.24. The first-order chi connectivity index (χ1) is 18.1. The molecule has 7 rings (SSSR count). The zero-order valence-corrected chi connectivity index (χ0v) is 22.1. The van der Waals surface area contributed by atoms with E-state index in [0.717, 1.165) is 65.0 Å². The third-order valence-electron chi connectivity index (χ3n) is 8.20. The average Bonchev–Trinajstić information content (AvgIpc) is 3.57. The summed E-state index contributed by atoms with van der Waals surface area (Å²) in [7, 11) is 0. The van der Waals surface area contributed by atoms with Crippen molar-refractivity contribution in [2.45, 2.75) is 55.7 Å². The van der Waals surface area contributed by atoms with E-state index in [1.807, 2.05) is 41.0 Å². The second kappa shape index (κ2) is 9.10. The zero-order chi connectivity index (χ0) is 25.1. The Morgan fingerprint density at radius 1 is 0.973 bits per heavy atom. The van der Waals surface area contributed by atoms with Crippen molar-refractivity contribution in [2.24, 2.45) is 11.8 Å². The van der Waals surface area contributed by atoms with Gasteiger partial charge in [0.25, 0.3) is 0 Å². The van der Waals surface area contributed by atoms with Crippen LogP contribution in [0.4, 0.5) is 5.69 Å². The largest absolute Gasteiger partial charge is 0.283 e. The van der Waals surface area contributed by atoms with Crippen LogP contribution < -0.4 is 4.90 Å². The maximum atomic E-state index is 13.4. The molecule has 2 aliphatic carbocycles. The highest BCUT2D eigenvalue weighted by Gasteiger charge is 2.48. The van der Waals surface area contributed by atoms with Gasteiger partial charge in [-0.3, -0.25) is 23.9 Å². The van der Waals surface area contributed by atoms with E-state index < -0.39 is 0 Å². The first-order valence-electron chi connectivity index (χ1n) is 13.2. The number of hydrogen-bond acceptors (Lipinski definition) is 6. The molecule has 188 valence electrons. The first kappa shape index (κ1) is 23.2. The molecule has 2 fully saturated rings. The van der Waals surface area contributed by atoms with E-state index in [1.165, 1.54) is 51.1 Å². The average molecular weight is 530 g/mol. The SMILES string of the molecule is O=C1[C@@H]2CCCC[C@H]2C(=O)N1c1ccc2nc(SCC(=O)n3c4c(c5ccccc53)CCCC4)sc2c1. The fourth-order valence-electron chi connectivity index (χ4n) is 6.48. The molecule has 1 saturated heterocycles. The molecule has 0 N–H and O–H groups in total. The van der Waals surface area contributed by atoms with Crippen LogP contribution in [0.1, 0.15) is 54.6 Å². The summed E-state index contributed by atoms with van der Waals surface area (Å²) in [5, 5.41) is 1.20. The summed E-state index contributed by atoms with van der Waals surface area (Å²) >= 11 is 2.97. The maximum absolute atomic E-state index is 13.4. The van der Waals surface area contributed by atoms with Gasteiger partial charge in [0.2, 0.25) is 17.7 Å². The first-order valence-corrected chi connectivity index (χ1v) is 15.0. The Morgan fingerprint density at radius 2 is 1.73 bits per heavy atom. The van der Waals surface area contributed by atoms with Crippen molar-refractivity contribution in [3.8, 4) is 0 Å². The molecule has 2 aromatic carbocycles. The van der Waals surface area contributed by atoms with Gasteiger partial charge in [0.05, 0.1) is 39.0 Å². The van der Waals surface area contributed by atoms with Crippen LogP contribution in [-0.2, 0) is 22.4 Å². The summed E-state index contributed by atoms with van der Waals surface area (Å²) in [6, 6.07) is 13.8. The second-order valence-electron chi connectivity index (χ2n) is 10.3. The van der Waals surface area contributed by atoms with Crippen molar-refractivity contribution in [3.05, 3.63) is 53.7 Å². The Labute approximate surface area is 223 Å². The lowest BCUT2D eigenvalue weighted by Gasteiger charge is -2.19. The van der Waals surface area contributed by atoms with E-state index in [-0.39, 0.29) is 29.6 Å². The van der Waals surface area contributed by atoms with Crippen LogP contribution in [0.2, 0.25) is 0 Å². The van der Waals surface area contributed by atoms with E-state index in [2.05, 4.69) is 6.07 Å². The van der Waals surface area contributed by atoms with Crippen LogP contribution in [0.5, 0.6) is 0 Å². The number of imide groups is 1. The molecule has 3 aliphatic rings. The molecule has 3 heterocycles. The minimum absolute atomic E-state index is 0.0546. The van der Waals surface area contributed by atoms with Gasteiger partial charge in [-0.1, -0.05) is 42.8 Å². The highest BCUT2D eigenvalue weighted by atomic mass is 32.2. The summed E-state index contributed by atoms with van der Waals surface area (Å²) < 4.78 is 3.68. The second-order valence-corrected chi connectivity index (χ2v) is 12.6. The van der Waals surface area contributed by atoms with Crippen molar-refractivity contribution < 1.29 is 14.4 Å². The Bertz CT molecular complexity index is 1560. The number of anilines is 1. The van der Waals surface area contributed by atoms with Crippen molar-refractivity contribution in [3.63, 3.8) is 0 Å². The molecule has 8 heteroatoms. The summed E-state index contributed by atoms with van der Waals surface area (Å²) in [6.45, 7) is 0. The monoisotopic (exact) mass is 529 g/mol. The van der Waals surface area contributed by atoms with Crippen molar-refractivity contribution in [2.75, 3.05) is 10.7 Å². The van der Waals surface area contributed by atoms with Crippen molar-refractivity contribution in [1.29, 1.82) is 0 Å². The smallest absolute Gasteiger partial charge is 0.241 e. The highest BCUT2D eigenvalue weighted by molar-refractivity contribution is 8.01. The fourth-order valence-corrected chi connectivity index (χ4v) is 8.43. The molecule has 0 spiro atoms. The van der Waals surface area contributed by atoms with Gasteiger partial charge in [0.1, 0.15) is 0 Å². The number of benzene rings is 2. The zero-order valence-electron chi connectivity index (χ0n) is 20.4. The summed E-state index contributed by atoms with van der Waals surface area (Å²) in [5.41, 5.74) is 4.98. The standard InChI is InChI=1S/C29H27N3O3S2/c33-26(32-23-11-5-3-7-18(23)19-8-4-6-12-24(19)32)16-36-29-30-22-14-13-17(15-25(22)37-29)31-27(34)20-9-1-2-10-21(20)28(31)35/h3,5,7,11,13-15,20-21H,1-2,4,6,8-10,12,16H2/t20-,21-/m1/s1. The number of thioether (sulfide) groups is 1. The van der Waals surface area contributed by atoms with Crippen LogP contribution in [0, 0.1) is 11.8 Å². The third-order valence-corrected chi connectivity index (χ3v) is 10.3. The topological polar surface area (TPSA) is 72.3 Å². The molecule has 1 aliphatic heterocycles. The predicted molar refractivity (Wildman–Crippen MR) is 147 cm³/mol. The normalized spacial score (nSPS) is 21.6. The van der Waals surface area contributed by atoms with Gasteiger partial charge in [-0.15, -0.1) is 11.3 Å². The van der Waals surface area contributed by atoms with Gasteiger partial charge >= 0.3 is 0 Å². The van der Waals surface area contributed by atoms with Crippen LogP contribution in [0.3, 0.4) is 0 Å². The molecule has 0 radical (unpaired) electrons. The number of amides is 2. The Kier molecular flexibility index (Phi) is 5.70. The highest BCUT2D eigenvalue weighted by Crippen LogP contribution is 2.41. The molecule has 6 nitrogen and oxygen atoms in total. The number of hydrogen-bond donors (Lipinski definition) is 0. The van der Waals surface area contributed by atoms with Gasteiger partial charge in [0, 0.05) is 11.1 Å². The Balaban J connectivity index is 1.13. The molecule has 37 heavy (non-hydrogen) atoms. The quantitative estimate of drug-likeness (QED) is 0.231. The third kappa shape index (κ3) is 3.76. The minimum Gasteiger partial charge on any atom is -0.283 e. The lowest BCUT2D eigenvalue weighted by Crippen LogP contribution is -2.30. The number of nitrogens with zero attached hydrogens (tertiary/aromatic N) is 3. The molecule has 2 atom stereocenters. The van der Waals surface area contributed by atoms with Gasteiger partial charge < -0.3 is 0 Å². The molecule has 1 saturated carbocycles. The van der Waals surface area contributed by atoms with Gasteiger partial charge in [0.15, 0.2) is 4.34 Å². The van der Waals surface area contributed by atoms with E-state index >= 15 is 0 Å². The van der Waals surface area contributed by atoms with E-state index in [1.54, 1.807) is 0 Å². The van der Waals surface area contributed by atoms with Crippen LogP contribution >= 0.6 is 23.1 Å². The Morgan fingerprint density at radius 3 is 2.54 bits per heavy atom. The van der Waals surface area contributed by atoms with Gasteiger partial charge in [-0.2, -0.15) is 0 Å². The number of aryl methyl sites for hydroxylation is 1. The van der Waals surface area contributed by atoms with Crippen LogP contribution in [0.15, 0.2) is 46.8 Å². The number of carbonyl (C=O) groups is 3. The summed E-state index contributed by atoms with van der Waals surface area (Å²) in [5.74, 6) is -0.0381. The maximum Gasteiger partial charge on any atom is 0.241 e. The number of aromatic nitrogens is 2. The number of carbonyl (C=O) groups excluding carboxylic acids is 3. The van der Waals surface area contributed by atoms with Crippen molar-refractivity contribution in [1.82, 2.24) is 9.55 Å². The molecule has 0 bridgehead atoms. The van der Waals surface area contributed by atoms with E-state index in [0.29, 0.717) is 11.4 Å². The Hall–Kier alpha value is -2.97. The van der Waals surface area contributed by atoms with E-state index in [9.17, 15) is 14.4 Å².